The van der Waals surface area contributed by atoms with Crippen molar-refractivity contribution < 1.29 is 4.74 Å². The van der Waals surface area contributed by atoms with E-state index in [1.807, 2.05) is 18.5 Å². The molecule has 1 rings (SSSR count). The minimum Gasteiger partial charge on any atom is -0.383 e. The van der Waals surface area contributed by atoms with Crippen LogP contribution in [0.25, 0.3) is 0 Å². The maximum absolute atomic E-state index is 5.01. The van der Waals surface area contributed by atoms with Crippen LogP contribution in [0.2, 0.25) is 0 Å². The van der Waals surface area contributed by atoms with Crippen molar-refractivity contribution in [1.82, 2.24) is 25.4 Å². The summed E-state index contributed by atoms with van der Waals surface area (Å²) in [5, 5.41) is 14.6. The molecular formula is C12H24N6O. The standard InChI is InChI=1S/C12H24N6O/c1-9(2)15-12(13-6-7-19-5)14-8-11-17-16-10(3)18(11)4/h9H,6-8H2,1-5H3,(H2,13,14,15). The number of methoxy groups -OCH3 is 1. The average Bonchev–Trinajstić information content (AvgIpc) is 2.67. The van der Waals surface area contributed by atoms with Gasteiger partial charge in [-0.15, -0.1) is 10.2 Å². The Morgan fingerprint density at radius 2 is 2.16 bits per heavy atom. The number of aryl methyl sites for hydroxylation is 1. The summed E-state index contributed by atoms with van der Waals surface area (Å²) in [5.74, 6) is 2.48. The highest BCUT2D eigenvalue weighted by Gasteiger charge is 2.05. The Bertz CT molecular complexity index is 412. The van der Waals surface area contributed by atoms with Crippen molar-refractivity contribution in [3.05, 3.63) is 11.6 Å². The molecule has 2 N–H and O–H groups in total. The third kappa shape index (κ3) is 5.25. The van der Waals surface area contributed by atoms with Crippen molar-refractivity contribution in [3.8, 4) is 0 Å². The highest BCUT2D eigenvalue weighted by Crippen LogP contribution is 1.99. The Kier molecular flexibility index (Phi) is 6.27. The van der Waals surface area contributed by atoms with Gasteiger partial charge in [-0.25, -0.2) is 4.99 Å². The van der Waals surface area contributed by atoms with Crippen LogP contribution in [0.3, 0.4) is 0 Å². The van der Waals surface area contributed by atoms with E-state index in [-0.39, 0.29) is 0 Å². The highest BCUT2D eigenvalue weighted by atomic mass is 16.5. The second-order valence-corrected chi connectivity index (χ2v) is 4.61. The van der Waals surface area contributed by atoms with Crippen molar-refractivity contribution in [2.24, 2.45) is 12.0 Å². The monoisotopic (exact) mass is 268 g/mol. The Morgan fingerprint density at radius 3 is 2.68 bits per heavy atom. The topological polar surface area (TPSA) is 76.4 Å². The summed E-state index contributed by atoms with van der Waals surface area (Å²) in [6.07, 6.45) is 0. The summed E-state index contributed by atoms with van der Waals surface area (Å²) in [6, 6.07) is 0.315. The van der Waals surface area contributed by atoms with Gasteiger partial charge in [0.2, 0.25) is 0 Å². The molecule has 19 heavy (non-hydrogen) atoms. The van der Waals surface area contributed by atoms with Crippen LogP contribution in [-0.4, -0.2) is 47.0 Å². The molecule has 0 bridgehead atoms. The van der Waals surface area contributed by atoms with E-state index >= 15 is 0 Å². The number of ether oxygens (including phenoxy) is 1. The quantitative estimate of drug-likeness (QED) is 0.438. The number of nitrogens with one attached hydrogen (secondary N) is 2. The molecule has 1 aromatic rings. The Hall–Kier alpha value is -1.63. The number of guanidine groups is 1. The minimum atomic E-state index is 0.315. The largest absolute Gasteiger partial charge is 0.383 e. The van der Waals surface area contributed by atoms with Crippen LogP contribution >= 0.6 is 0 Å². The first-order chi connectivity index (χ1) is 9.04. The van der Waals surface area contributed by atoms with Crippen LogP contribution in [0, 0.1) is 6.92 Å². The Labute approximate surface area is 114 Å². The molecule has 0 saturated carbocycles. The minimum absolute atomic E-state index is 0.315. The number of aliphatic imine (C=N–C) groups is 1. The third-order valence-corrected chi connectivity index (χ3v) is 2.59. The van der Waals surface area contributed by atoms with E-state index in [9.17, 15) is 0 Å². The lowest BCUT2D eigenvalue weighted by molar-refractivity contribution is 0.203. The molecule has 0 atom stereocenters. The molecule has 0 aliphatic carbocycles. The van der Waals surface area contributed by atoms with Gasteiger partial charge in [0.25, 0.3) is 0 Å². The maximum atomic E-state index is 5.01. The zero-order valence-electron chi connectivity index (χ0n) is 12.4. The zero-order chi connectivity index (χ0) is 14.3. The average molecular weight is 268 g/mol. The first-order valence-electron chi connectivity index (χ1n) is 6.43. The van der Waals surface area contributed by atoms with E-state index < -0.39 is 0 Å². The molecule has 108 valence electrons. The van der Waals surface area contributed by atoms with Gasteiger partial charge in [-0.2, -0.15) is 0 Å². The lowest BCUT2D eigenvalue weighted by Crippen LogP contribution is -2.42. The lowest BCUT2D eigenvalue weighted by atomic mass is 10.4. The molecule has 0 aromatic carbocycles. The second-order valence-electron chi connectivity index (χ2n) is 4.61. The Morgan fingerprint density at radius 1 is 1.42 bits per heavy atom. The smallest absolute Gasteiger partial charge is 0.191 e. The summed E-state index contributed by atoms with van der Waals surface area (Å²) in [4.78, 5) is 4.50. The van der Waals surface area contributed by atoms with Gasteiger partial charge in [0.1, 0.15) is 12.4 Å². The number of aromatic nitrogens is 3. The number of nitrogens with zero attached hydrogens (tertiary/aromatic N) is 4. The predicted octanol–water partition coefficient (Wildman–Crippen LogP) is 0.214. The van der Waals surface area contributed by atoms with Crippen LogP contribution in [0.15, 0.2) is 4.99 Å². The first-order valence-corrected chi connectivity index (χ1v) is 6.43. The van der Waals surface area contributed by atoms with Crippen molar-refractivity contribution in [3.63, 3.8) is 0 Å². The summed E-state index contributed by atoms with van der Waals surface area (Å²) in [6.45, 7) is 7.91. The molecule has 0 unspecified atom stereocenters. The molecule has 0 radical (unpaired) electrons. The molecule has 1 aromatic heterocycles. The van der Waals surface area contributed by atoms with Gasteiger partial charge in [0, 0.05) is 26.7 Å². The number of rotatable bonds is 6. The first kappa shape index (κ1) is 15.4. The summed E-state index contributed by atoms with van der Waals surface area (Å²) in [5.41, 5.74) is 0. The Balaban J connectivity index is 2.62. The predicted molar refractivity (Wildman–Crippen MR) is 75.0 cm³/mol. The molecule has 7 nitrogen and oxygen atoms in total. The van der Waals surface area contributed by atoms with E-state index in [1.165, 1.54) is 0 Å². The van der Waals surface area contributed by atoms with Crippen LogP contribution in [0.4, 0.5) is 0 Å². The molecule has 0 aliphatic rings. The fourth-order valence-electron chi connectivity index (χ4n) is 1.44. The lowest BCUT2D eigenvalue weighted by Gasteiger charge is -2.14. The van der Waals surface area contributed by atoms with E-state index in [0.29, 0.717) is 25.7 Å². The van der Waals surface area contributed by atoms with Gasteiger partial charge in [0.15, 0.2) is 11.8 Å². The fraction of sp³-hybridized carbons (Fsp3) is 0.750. The molecule has 0 aliphatic heterocycles. The van der Waals surface area contributed by atoms with Crippen LogP contribution < -0.4 is 10.6 Å². The van der Waals surface area contributed by atoms with Crippen LogP contribution in [-0.2, 0) is 18.3 Å². The van der Waals surface area contributed by atoms with Gasteiger partial charge < -0.3 is 19.9 Å². The van der Waals surface area contributed by atoms with Crippen molar-refractivity contribution >= 4 is 5.96 Å². The van der Waals surface area contributed by atoms with Crippen molar-refractivity contribution in [2.45, 2.75) is 33.4 Å². The summed E-state index contributed by atoms with van der Waals surface area (Å²) >= 11 is 0. The van der Waals surface area contributed by atoms with E-state index in [1.54, 1.807) is 7.11 Å². The molecule has 0 saturated heterocycles. The zero-order valence-corrected chi connectivity index (χ0v) is 12.4. The van der Waals surface area contributed by atoms with Gasteiger partial charge in [-0.05, 0) is 20.8 Å². The molecule has 0 amide bonds. The fourth-order valence-corrected chi connectivity index (χ4v) is 1.44. The molecular weight excluding hydrogens is 244 g/mol. The third-order valence-electron chi connectivity index (χ3n) is 2.59. The van der Waals surface area contributed by atoms with E-state index in [0.717, 1.165) is 17.6 Å². The maximum Gasteiger partial charge on any atom is 0.191 e. The molecule has 0 fully saturated rings. The molecule has 7 heteroatoms. The molecule has 1 heterocycles. The summed E-state index contributed by atoms with van der Waals surface area (Å²) < 4.78 is 6.95. The van der Waals surface area contributed by atoms with Gasteiger partial charge in [-0.1, -0.05) is 0 Å². The molecule has 0 spiro atoms. The van der Waals surface area contributed by atoms with Crippen molar-refractivity contribution in [1.29, 1.82) is 0 Å². The SMILES string of the molecule is COCCNC(=NCc1nnc(C)n1C)NC(C)C. The van der Waals surface area contributed by atoms with E-state index in [4.69, 9.17) is 4.74 Å². The van der Waals surface area contributed by atoms with Crippen LogP contribution in [0.5, 0.6) is 0 Å². The normalized spacial score (nSPS) is 12.0. The highest BCUT2D eigenvalue weighted by molar-refractivity contribution is 5.79. The number of hydrogen-bond acceptors (Lipinski definition) is 4. The van der Waals surface area contributed by atoms with Gasteiger partial charge >= 0.3 is 0 Å². The second kappa shape index (κ2) is 7.73. The van der Waals surface area contributed by atoms with E-state index in [2.05, 4.69) is 39.7 Å². The summed E-state index contributed by atoms with van der Waals surface area (Å²) in [7, 11) is 3.62. The number of hydrogen-bond donors (Lipinski definition) is 2. The van der Waals surface area contributed by atoms with Gasteiger partial charge in [0.05, 0.1) is 6.61 Å². The van der Waals surface area contributed by atoms with Gasteiger partial charge in [-0.3, -0.25) is 0 Å². The van der Waals surface area contributed by atoms with Crippen molar-refractivity contribution in [2.75, 3.05) is 20.3 Å². The van der Waals surface area contributed by atoms with Crippen LogP contribution in [0.1, 0.15) is 25.5 Å².